The molecule has 0 aliphatic rings. The van der Waals surface area contributed by atoms with E-state index in [1.165, 1.54) is 12.2 Å². The van der Waals surface area contributed by atoms with Crippen LogP contribution in [0.2, 0.25) is 0 Å². The number of hydrogen-bond donors (Lipinski definition) is 1. The highest BCUT2D eigenvalue weighted by Crippen LogP contribution is 2.10. The maximum atomic E-state index is 12.7. The Morgan fingerprint density at radius 2 is 1.29 bits per heavy atom. The monoisotopic (exact) mass is 418 g/mol. The van der Waals surface area contributed by atoms with E-state index in [4.69, 9.17) is 0 Å². The highest BCUT2D eigenvalue weighted by atomic mass is 16.2. The Bertz CT molecular complexity index is 1230. The summed E-state index contributed by atoms with van der Waals surface area (Å²) in [6.45, 7) is 7.02. The largest absolute Gasteiger partial charge is 0.336 e. The van der Waals surface area contributed by atoms with E-state index in [2.05, 4.69) is 18.5 Å². The topological polar surface area (TPSA) is 95.1 Å². The first-order valence-electron chi connectivity index (χ1n) is 9.58. The number of carbonyl (C=O) groups excluding carboxylic acids is 1. The van der Waals surface area contributed by atoms with Gasteiger partial charge in [0.25, 0.3) is 5.91 Å². The predicted molar refractivity (Wildman–Crippen MR) is 120 cm³/mol. The second-order valence-electron chi connectivity index (χ2n) is 6.75. The molecule has 1 heterocycles. The third-order valence-corrected chi connectivity index (χ3v) is 4.60. The van der Waals surface area contributed by atoms with Crippen LogP contribution in [0.25, 0.3) is 0 Å². The lowest BCUT2D eigenvalue weighted by Gasteiger charge is -2.12. The van der Waals surface area contributed by atoms with Crippen LogP contribution >= 0.6 is 0 Å². The molecule has 1 N–H and O–H groups in total. The smallest absolute Gasteiger partial charge is 0.322 e. The predicted octanol–water partition coefficient (Wildman–Crippen LogP) is 1.84. The highest BCUT2D eigenvalue weighted by molar-refractivity contribution is 6.04. The lowest BCUT2D eigenvalue weighted by atomic mass is 10.1. The fourth-order valence-electron chi connectivity index (χ4n) is 3.06. The van der Waals surface area contributed by atoms with Crippen LogP contribution in [0.1, 0.15) is 15.9 Å². The van der Waals surface area contributed by atoms with Crippen LogP contribution in [0.15, 0.2) is 94.3 Å². The number of nitrogens with one attached hydrogen (secondary N) is 1. The maximum absolute atomic E-state index is 12.7. The zero-order valence-corrected chi connectivity index (χ0v) is 16.9. The summed E-state index contributed by atoms with van der Waals surface area (Å²) in [5.41, 5.74) is -0.415. The zero-order chi connectivity index (χ0) is 22.4. The quantitative estimate of drug-likeness (QED) is 0.565. The lowest BCUT2D eigenvalue weighted by molar-refractivity contribution is 0.102. The Balaban J connectivity index is 1.90. The van der Waals surface area contributed by atoms with E-state index in [1.54, 1.807) is 36.4 Å². The Kier molecular flexibility index (Phi) is 6.61. The molecule has 0 aliphatic carbocycles. The maximum Gasteiger partial charge on any atom is 0.336 e. The summed E-state index contributed by atoms with van der Waals surface area (Å²) in [6.07, 6.45) is 2.83. The number of allylic oxidation sites excluding steroid dienone is 2. The first-order valence-corrected chi connectivity index (χ1v) is 9.58. The molecule has 0 radical (unpaired) electrons. The van der Waals surface area contributed by atoms with Gasteiger partial charge in [-0.2, -0.15) is 0 Å². The molecule has 0 fully saturated rings. The molecule has 0 spiro atoms. The van der Waals surface area contributed by atoms with E-state index < -0.39 is 17.1 Å². The molecule has 0 atom stereocenters. The van der Waals surface area contributed by atoms with Crippen molar-refractivity contribution in [3.05, 3.63) is 122 Å². The molecule has 1 amide bonds. The Labute approximate surface area is 178 Å². The minimum atomic E-state index is -0.721. The van der Waals surface area contributed by atoms with Crippen LogP contribution in [0, 0.1) is 0 Å². The van der Waals surface area contributed by atoms with Crippen molar-refractivity contribution in [3.8, 4) is 0 Å². The number of hydrogen-bond acceptors (Lipinski definition) is 4. The van der Waals surface area contributed by atoms with E-state index in [9.17, 15) is 19.2 Å². The second kappa shape index (κ2) is 9.53. The number of para-hydroxylation sites is 1. The molecular formula is C23H22N4O4. The standard InChI is InChI=1S/C23H22N4O4/c1-3-14-25-21(29)26(15-4-2)23(31)27(22(25)30)16-17-10-12-18(13-11-17)20(28)24-19-8-6-5-7-9-19/h3-13H,1-2,14-16H2,(H,24,28). The van der Waals surface area contributed by atoms with Crippen molar-refractivity contribution in [3.63, 3.8) is 0 Å². The van der Waals surface area contributed by atoms with Gasteiger partial charge < -0.3 is 5.32 Å². The summed E-state index contributed by atoms with van der Waals surface area (Å²) in [6, 6.07) is 15.6. The van der Waals surface area contributed by atoms with Crippen LogP contribution < -0.4 is 22.4 Å². The van der Waals surface area contributed by atoms with Gasteiger partial charge >= 0.3 is 17.1 Å². The van der Waals surface area contributed by atoms with E-state index in [0.717, 1.165) is 13.7 Å². The van der Waals surface area contributed by atoms with Gasteiger partial charge in [-0.1, -0.05) is 42.5 Å². The average molecular weight is 418 g/mol. The minimum absolute atomic E-state index is 0.0202. The molecule has 0 aliphatic heterocycles. The minimum Gasteiger partial charge on any atom is -0.322 e. The first kappa shape index (κ1) is 21.5. The van der Waals surface area contributed by atoms with E-state index in [0.29, 0.717) is 16.8 Å². The van der Waals surface area contributed by atoms with Crippen molar-refractivity contribution in [2.24, 2.45) is 0 Å². The normalized spacial score (nSPS) is 10.5. The number of nitrogens with zero attached hydrogens (tertiary/aromatic N) is 3. The second-order valence-corrected chi connectivity index (χ2v) is 6.75. The number of carbonyl (C=O) groups is 1. The SMILES string of the molecule is C=CCn1c(=O)n(CC=C)c(=O)n(Cc2ccc(C(=O)Nc3ccccc3)cc2)c1=O. The van der Waals surface area contributed by atoms with Gasteiger partial charge in [0.2, 0.25) is 0 Å². The molecule has 0 unspecified atom stereocenters. The molecule has 3 aromatic rings. The molecular weight excluding hydrogens is 396 g/mol. The number of amides is 1. The van der Waals surface area contributed by atoms with E-state index >= 15 is 0 Å². The van der Waals surface area contributed by atoms with Gasteiger partial charge in [0, 0.05) is 11.3 Å². The Morgan fingerprint density at radius 1 is 0.774 bits per heavy atom. The van der Waals surface area contributed by atoms with Crippen LogP contribution in [0.5, 0.6) is 0 Å². The zero-order valence-electron chi connectivity index (χ0n) is 16.9. The van der Waals surface area contributed by atoms with Gasteiger partial charge in [0.15, 0.2) is 0 Å². The summed E-state index contributed by atoms with van der Waals surface area (Å²) in [5.74, 6) is -0.275. The fraction of sp³-hybridized carbons (Fsp3) is 0.130. The molecule has 31 heavy (non-hydrogen) atoms. The van der Waals surface area contributed by atoms with Crippen molar-refractivity contribution in [2.45, 2.75) is 19.6 Å². The molecule has 2 aromatic carbocycles. The summed E-state index contributed by atoms with van der Waals surface area (Å²) in [7, 11) is 0. The number of benzene rings is 2. The van der Waals surface area contributed by atoms with Crippen LogP contribution in [-0.4, -0.2) is 19.6 Å². The van der Waals surface area contributed by atoms with E-state index in [-0.39, 0.29) is 25.5 Å². The molecule has 8 nitrogen and oxygen atoms in total. The van der Waals surface area contributed by atoms with Gasteiger partial charge in [-0.05, 0) is 29.8 Å². The third kappa shape index (κ3) is 4.69. The Morgan fingerprint density at radius 3 is 1.81 bits per heavy atom. The molecule has 1 aromatic heterocycles. The van der Waals surface area contributed by atoms with Crippen LogP contribution in [0.4, 0.5) is 5.69 Å². The first-order chi connectivity index (χ1) is 15.0. The molecule has 0 bridgehead atoms. The van der Waals surface area contributed by atoms with Crippen LogP contribution in [-0.2, 0) is 19.6 Å². The fourth-order valence-corrected chi connectivity index (χ4v) is 3.06. The van der Waals surface area contributed by atoms with Gasteiger partial charge in [-0.25, -0.2) is 28.1 Å². The summed E-state index contributed by atoms with van der Waals surface area (Å²) in [5, 5.41) is 2.79. The summed E-state index contributed by atoms with van der Waals surface area (Å²) >= 11 is 0. The van der Waals surface area contributed by atoms with Gasteiger partial charge in [-0.3, -0.25) is 4.79 Å². The Hall–Kier alpha value is -4.20. The average Bonchev–Trinajstić information content (AvgIpc) is 2.78. The summed E-state index contributed by atoms with van der Waals surface area (Å²) < 4.78 is 2.87. The highest BCUT2D eigenvalue weighted by Gasteiger charge is 2.15. The molecule has 0 saturated carbocycles. The molecule has 8 heteroatoms. The number of rotatable bonds is 8. The van der Waals surface area contributed by atoms with Gasteiger partial charge in [0.1, 0.15) is 0 Å². The van der Waals surface area contributed by atoms with E-state index in [1.807, 2.05) is 18.2 Å². The van der Waals surface area contributed by atoms with Crippen molar-refractivity contribution < 1.29 is 4.79 Å². The number of aromatic nitrogens is 3. The lowest BCUT2D eigenvalue weighted by Crippen LogP contribution is -2.54. The number of anilines is 1. The molecule has 158 valence electrons. The van der Waals surface area contributed by atoms with Crippen molar-refractivity contribution in [2.75, 3.05) is 5.32 Å². The molecule has 0 saturated heterocycles. The third-order valence-electron chi connectivity index (χ3n) is 4.60. The van der Waals surface area contributed by atoms with Crippen molar-refractivity contribution in [1.82, 2.24) is 13.7 Å². The van der Waals surface area contributed by atoms with Crippen molar-refractivity contribution >= 4 is 11.6 Å². The summed E-state index contributed by atoms with van der Waals surface area (Å²) in [4.78, 5) is 50.3. The molecule has 3 rings (SSSR count). The van der Waals surface area contributed by atoms with Gasteiger partial charge in [-0.15, -0.1) is 13.2 Å². The van der Waals surface area contributed by atoms with Gasteiger partial charge in [0.05, 0.1) is 19.6 Å². The van der Waals surface area contributed by atoms with Crippen LogP contribution in [0.3, 0.4) is 0 Å². The van der Waals surface area contributed by atoms with Crippen molar-refractivity contribution in [1.29, 1.82) is 0 Å².